The number of likely N-dealkylation sites (N-methyl/N-ethyl adjacent to an activating group) is 1. The van der Waals surface area contributed by atoms with Crippen molar-refractivity contribution in [1.29, 1.82) is 0 Å². The van der Waals surface area contributed by atoms with E-state index in [9.17, 15) is 9.59 Å². The highest BCUT2D eigenvalue weighted by Crippen LogP contribution is 2.24. The number of nitrogens with one attached hydrogen (secondary N) is 1. The Labute approximate surface area is 148 Å². The average Bonchev–Trinajstić information content (AvgIpc) is 3.01. The van der Waals surface area contributed by atoms with E-state index >= 15 is 0 Å². The number of nitrogens with zero attached hydrogens (tertiary/aromatic N) is 5. The van der Waals surface area contributed by atoms with E-state index in [1.807, 2.05) is 31.2 Å². The smallest absolute Gasteiger partial charge is 0.246 e. The Kier molecular flexibility index (Phi) is 6.42. The molecule has 0 saturated carbocycles. The summed E-state index contributed by atoms with van der Waals surface area (Å²) in [5.74, 6) is -0.0236. The van der Waals surface area contributed by atoms with Crippen LogP contribution in [-0.4, -0.2) is 57.1 Å². The lowest BCUT2D eigenvalue weighted by atomic mass is 10.2. The molecule has 0 atom stereocenters. The van der Waals surface area contributed by atoms with E-state index in [-0.39, 0.29) is 24.9 Å². The fraction of sp³-hybridized carbons (Fsp3) is 0.400. The van der Waals surface area contributed by atoms with Gasteiger partial charge in [-0.15, -0.1) is 10.2 Å². The quantitative estimate of drug-likeness (QED) is 0.758. The third-order valence-corrected chi connectivity index (χ3v) is 3.91. The Hall–Kier alpha value is -2.29. The summed E-state index contributed by atoms with van der Waals surface area (Å²) in [7, 11) is 1.57. The minimum absolute atomic E-state index is 0.00458. The Morgan fingerprint density at radius 3 is 2.79 bits per heavy atom. The van der Waals surface area contributed by atoms with Gasteiger partial charge in [0.05, 0.1) is 6.54 Å². The van der Waals surface area contributed by atoms with Crippen molar-refractivity contribution in [2.75, 3.05) is 20.1 Å². The molecule has 0 aliphatic rings. The molecule has 0 bridgehead atoms. The second-order valence-electron chi connectivity index (χ2n) is 5.22. The van der Waals surface area contributed by atoms with Crippen molar-refractivity contribution in [3.05, 3.63) is 28.7 Å². The summed E-state index contributed by atoms with van der Waals surface area (Å²) in [4.78, 5) is 26.3. The molecule has 0 aliphatic carbocycles. The number of rotatable bonds is 7. The molecule has 128 valence electrons. The van der Waals surface area contributed by atoms with E-state index in [1.54, 1.807) is 7.05 Å². The highest BCUT2D eigenvalue weighted by atomic mass is 79.9. The summed E-state index contributed by atoms with van der Waals surface area (Å²) in [6.45, 7) is 2.49. The van der Waals surface area contributed by atoms with Crippen LogP contribution in [0.15, 0.2) is 28.7 Å². The zero-order chi connectivity index (χ0) is 17.5. The predicted molar refractivity (Wildman–Crippen MR) is 91.9 cm³/mol. The molecule has 1 N–H and O–H groups in total. The monoisotopic (exact) mass is 394 g/mol. The van der Waals surface area contributed by atoms with Crippen molar-refractivity contribution in [3.63, 3.8) is 0 Å². The number of carbonyl (C=O) groups is 2. The standard InChI is InChI=1S/C15H19BrN6O2/c1-3-8-17-13(23)9-21(2)14(24)10-22-19-15(18-20-22)11-6-4-5-7-12(11)16/h4-7H,3,8-10H2,1-2H3,(H,17,23). The molecular formula is C15H19BrN6O2. The van der Waals surface area contributed by atoms with Gasteiger partial charge in [0.1, 0.15) is 6.54 Å². The number of amides is 2. The van der Waals surface area contributed by atoms with E-state index in [2.05, 4.69) is 36.7 Å². The first kappa shape index (κ1) is 18.1. The molecule has 2 aromatic rings. The summed E-state index contributed by atoms with van der Waals surface area (Å²) in [6.07, 6.45) is 0.851. The van der Waals surface area contributed by atoms with Gasteiger partial charge in [-0.3, -0.25) is 9.59 Å². The van der Waals surface area contributed by atoms with Crippen LogP contribution >= 0.6 is 15.9 Å². The van der Waals surface area contributed by atoms with Crippen LogP contribution in [0.1, 0.15) is 13.3 Å². The molecule has 2 rings (SSSR count). The summed E-state index contributed by atoms with van der Waals surface area (Å²) in [5, 5.41) is 14.8. The minimum Gasteiger partial charge on any atom is -0.355 e. The summed E-state index contributed by atoms with van der Waals surface area (Å²) >= 11 is 3.43. The number of benzene rings is 1. The van der Waals surface area contributed by atoms with Crippen molar-refractivity contribution in [3.8, 4) is 11.4 Å². The van der Waals surface area contributed by atoms with Crippen LogP contribution in [0, 0.1) is 0 Å². The van der Waals surface area contributed by atoms with Crippen molar-refractivity contribution in [1.82, 2.24) is 30.4 Å². The predicted octanol–water partition coefficient (Wildman–Crippen LogP) is 1.09. The summed E-state index contributed by atoms with van der Waals surface area (Å²) < 4.78 is 0.848. The Morgan fingerprint density at radius 2 is 2.08 bits per heavy atom. The summed E-state index contributed by atoms with van der Waals surface area (Å²) in [5.41, 5.74) is 0.795. The van der Waals surface area contributed by atoms with Gasteiger partial charge < -0.3 is 10.2 Å². The molecule has 1 heterocycles. The summed E-state index contributed by atoms with van der Waals surface area (Å²) in [6, 6.07) is 7.50. The first-order valence-electron chi connectivity index (χ1n) is 7.54. The lowest BCUT2D eigenvalue weighted by molar-refractivity contribution is -0.135. The van der Waals surface area contributed by atoms with Crippen molar-refractivity contribution >= 4 is 27.7 Å². The van der Waals surface area contributed by atoms with Gasteiger partial charge in [0.15, 0.2) is 0 Å². The molecule has 0 saturated heterocycles. The maximum atomic E-state index is 12.1. The van der Waals surface area contributed by atoms with Gasteiger partial charge in [-0.25, -0.2) is 0 Å². The number of hydrogen-bond donors (Lipinski definition) is 1. The molecule has 9 heteroatoms. The third-order valence-electron chi connectivity index (χ3n) is 3.22. The lowest BCUT2D eigenvalue weighted by Gasteiger charge is -2.16. The molecular weight excluding hydrogens is 376 g/mol. The largest absolute Gasteiger partial charge is 0.355 e. The van der Waals surface area contributed by atoms with Crippen LogP contribution in [-0.2, 0) is 16.1 Å². The van der Waals surface area contributed by atoms with Gasteiger partial charge in [0.25, 0.3) is 0 Å². The fourth-order valence-corrected chi connectivity index (χ4v) is 2.39. The second kappa shape index (κ2) is 8.53. The topological polar surface area (TPSA) is 93.0 Å². The second-order valence-corrected chi connectivity index (χ2v) is 6.08. The maximum absolute atomic E-state index is 12.1. The number of halogens is 1. The zero-order valence-corrected chi connectivity index (χ0v) is 15.2. The Bertz CT molecular complexity index is 717. The van der Waals surface area contributed by atoms with E-state index in [0.717, 1.165) is 16.5 Å². The van der Waals surface area contributed by atoms with Crippen LogP contribution in [0.25, 0.3) is 11.4 Å². The van der Waals surface area contributed by atoms with E-state index < -0.39 is 0 Å². The highest BCUT2D eigenvalue weighted by Gasteiger charge is 2.16. The molecule has 8 nitrogen and oxygen atoms in total. The first-order valence-corrected chi connectivity index (χ1v) is 8.34. The minimum atomic E-state index is -0.266. The Balaban J connectivity index is 1.95. The van der Waals surface area contributed by atoms with E-state index in [4.69, 9.17) is 0 Å². The molecule has 0 aliphatic heterocycles. The molecule has 1 aromatic heterocycles. The molecule has 2 amide bonds. The molecule has 0 spiro atoms. The number of carbonyl (C=O) groups excluding carboxylic acids is 2. The van der Waals surface area contributed by atoms with E-state index in [1.165, 1.54) is 9.70 Å². The molecule has 0 radical (unpaired) electrons. The van der Waals surface area contributed by atoms with Crippen molar-refractivity contribution < 1.29 is 9.59 Å². The van der Waals surface area contributed by atoms with Crippen LogP contribution in [0.4, 0.5) is 0 Å². The van der Waals surface area contributed by atoms with Crippen molar-refractivity contribution in [2.45, 2.75) is 19.9 Å². The number of tetrazole rings is 1. The molecule has 24 heavy (non-hydrogen) atoms. The average molecular weight is 395 g/mol. The van der Waals surface area contributed by atoms with Crippen LogP contribution in [0.3, 0.4) is 0 Å². The van der Waals surface area contributed by atoms with Crippen LogP contribution < -0.4 is 5.32 Å². The maximum Gasteiger partial charge on any atom is 0.246 e. The van der Waals surface area contributed by atoms with Crippen molar-refractivity contribution in [2.24, 2.45) is 0 Å². The highest BCUT2D eigenvalue weighted by molar-refractivity contribution is 9.10. The Morgan fingerprint density at radius 1 is 1.33 bits per heavy atom. The third kappa shape index (κ3) is 4.85. The normalized spacial score (nSPS) is 10.5. The van der Waals surface area contributed by atoms with Gasteiger partial charge >= 0.3 is 0 Å². The first-order chi connectivity index (χ1) is 11.5. The number of aromatic nitrogens is 4. The lowest BCUT2D eigenvalue weighted by Crippen LogP contribution is -2.40. The molecule has 0 unspecified atom stereocenters. The fourth-order valence-electron chi connectivity index (χ4n) is 1.93. The zero-order valence-electron chi connectivity index (χ0n) is 13.6. The van der Waals surface area contributed by atoms with Crippen LogP contribution in [0.2, 0.25) is 0 Å². The van der Waals surface area contributed by atoms with Gasteiger partial charge in [0.2, 0.25) is 17.6 Å². The van der Waals surface area contributed by atoms with Gasteiger partial charge in [-0.2, -0.15) is 4.80 Å². The van der Waals surface area contributed by atoms with Crippen LogP contribution in [0.5, 0.6) is 0 Å². The van der Waals surface area contributed by atoms with E-state index in [0.29, 0.717) is 12.4 Å². The molecule has 0 fully saturated rings. The number of hydrogen-bond acceptors (Lipinski definition) is 5. The van der Waals surface area contributed by atoms with Gasteiger partial charge in [-0.05, 0) is 23.8 Å². The SMILES string of the molecule is CCCNC(=O)CN(C)C(=O)Cn1nnc(-c2ccccc2Br)n1. The van der Waals surface area contributed by atoms with Gasteiger partial charge in [-0.1, -0.05) is 35.0 Å². The van der Waals surface area contributed by atoms with Gasteiger partial charge in [0, 0.05) is 23.6 Å². The molecule has 1 aromatic carbocycles.